The number of aromatic nitrogens is 1. The number of carbonyl (C=O) groups excluding carboxylic acids is 1. The zero-order chi connectivity index (χ0) is 22.6. The van der Waals surface area contributed by atoms with Crippen molar-refractivity contribution in [1.82, 2.24) is 10.3 Å². The first-order valence-electron chi connectivity index (χ1n) is 12.5. The summed E-state index contributed by atoms with van der Waals surface area (Å²) in [6, 6.07) is 4.17. The molecule has 2 heterocycles. The van der Waals surface area contributed by atoms with Gasteiger partial charge in [-0.1, -0.05) is 32.6 Å². The molecule has 176 valence electrons. The molecule has 0 aromatic carbocycles. The fourth-order valence-corrected chi connectivity index (χ4v) is 6.46. The van der Waals surface area contributed by atoms with Crippen molar-refractivity contribution >= 4 is 29.5 Å². The van der Waals surface area contributed by atoms with E-state index in [0.29, 0.717) is 5.56 Å². The zero-order valence-electron chi connectivity index (χ0n) is 19.3. The fourth-order valence-electron chi connectivity index (χ4n) is 5.59. The molecule has 1 aliphatic heterocycles. The Morgan fingerprint density at radius 1 is 1.16 bits per heavy atom. The van der Waals surface area contributed by atoms with E-state index in [-0.39, 0.29) is 17.9 Å². The van der Waals surface area contributed by atoms with Crippen LogP contribution in [0.2, 0.25) is 0 Å². The van der Waals surface area contributed by atoms with Crippen LogP contribution in [0.1, 0.15) is 87.9 Å². The van der Waals surface area contributed by atoms with E-state index in [1.807, 2.05) is 12.1 Å². The molecule has 2 saturated carbocycles. The van der Waals surface area contributed by atoms with Gasteiger partial charge >= 0.3 is 5.97 Å². The second-order valence-electron chi connectivity index (χ2n) is 9.78. The van der Waals surface area contributed by atoms with Gasteiger partial charge in [-0.2, -0.15) is 0 Å². The predicted octanol–water partition coefficient (Wildman–Crippen LogP) is 5.12. The predicted molar refractivity (Wildman–Crippen MR) is 128 cm³/mol. The van der Waals surface area contributed by atoms with E-state index in [1.165, 1.54) is 19.3 Å². The van der Waals surface area contributed by atoms with Crippen molar-refractivity contribution in [2.45, 2.75) is 88.6 Å². The highest BCUT2D eigenvalue weighted by atomic mass is 32.2. The summed E-state index contributed by atoms with van der Waals surface area (Å²) in [6.45, 7) is 3.77. The van der Waals surface area contributed by atoms with Gasteiger partial charge in [-0.25, -0.2) is 4.98 Å². The van der Waals surface area contributed by atoms with Crippen LogP contribution in [0.15, 0.2) is 17.2 Å². The summed E-state index contributed by atoms with van der Waals surface area (Å²) >= 11 is 1.65. The fraction of sp³-hybridized carbons (Fsp3) is 0.720. The van der Waals surface area contributed by atoms with Crippen LogP contribution in [0.25, 0.3) is 0 Å². The molecule has 2 aliphatic carbocycles. The van der Waals surface area contributed by atoms with Gasteiger partial charge in [0.1, 0.15) is 10.8 Å². The molecular weight excluding hydrogens is 422 g/mol. The number of thioether (sulfide) groups is 1. The van der Waals surface area contributed by atoms with E-state index in [4.69, 9.17) is 4.98 Å². The molecular formula is C25H37N3O3S. The number of hydrogen-bond donors (Lipinski definition) is 2. The highest BCUT2D eigenvalue weighted by Gasteiger charge is 2.51. The average Bonchev–Trinajstić information content (AvgIpc) is 2.77. The van der Waals surface area contributed by atoms with Crippen molar-refractivity contribution in [1.29, 1.82) is 0 Å². The van der Waals surface area contributed by atoms with Gasteiger partial charge in [-0.15, -0.1) is 11.8 Å². The molecule has 0 radical (unpaired) electrons. The van der Waals surface area contributed by atoms with Crippen molar-refractivity contribution < 1.29 is 14.7 Å². The van der Waals surface area contributed by atoms with Gasteiger partial charge < -0.3 is 15.3 Å². The van der Waals surface area contributed by atoms with Crippen molar-refractivity contribution in [2.75, 3.05) is 23.7 Å². The summed E-state index contributed by atoms with van der Waals surface area (Å²) in [7, 11) is 0. The Kier molecular flexibility index (Phi) is 7.64. The Labute approximate surface area is 195 Å². The largest absolute Gasteiger partial charge is 0.481 e. The molecule has 1 aromatic heterocycles. The second kappa shape index (κ2) is 10.4. The summed E-state index contributed by atoms with van der Waals surface area (Å²) in [6.07, 6.45) is 11.4. The molecule has 3 fully saturated rings. The number of nitrogens with one attached hydrogen (secondary N) is 1. The molecule has 7 heteroatoms. The number of nitrogens with zero attached hydrogens (tertiary/aromatic N) is 2. The molecule has 2 N–H and O–H groups in total. The Hall–Kier alpha value is -1.76. The van der Waals surface area contributed by atoms with E-state index >= 15 is 0 Å². The third-order valence-corrected chi connectivity index (χ3v) is 8.87. The first kappa shape index (κ1) is 23.4. The molecule has 0 spiro atoms. The lowest BCUT2D eigenvalue weighted by Gasteiger charge is -2.48. The van der Waals surface area contributed by atoms with E-state index in [2.05, 4.69) is 17.1 Å². The highest BCUT2D eigenvalue weighted by Crippen LogP contribution is 2.50. The summed E-state index contributed by atoms with van der Waals surface area (Å²) in [4.78, 5) is 32.2. The second-order valence-corrected chi connectivity index (χ2v) is 10.9. The molecule has 3 aliphatic rings. The quantitative estimate of drug-likeness (QED) is 0.525. The minimum Gasteiger partial charge on any atom is -0.481 e. The van der Waals surface area contributed by atoms with Crippen LogP contribution in [0.3, 0.4) is 0 Å². The molecule has 32 heavy (non-hydrogen) atoms. The number of carboxylic acid groups (broad SMARTS) is 1. The number of rotatable bonds is 8. The topological polar surface area (TPSA) is 82.5 Å². The monoisotopic (exact) mass is 459 g/mol. The standard InChI is InChI=1S/C25H37N3O3S/c1-2-16-32-23-20(22(29)26-19-9-4-3-5-10-19)11-12-21(27-23)28-15-6-8-18(17-28)25(24(30)31)13-7-14-25/h11-12,18-19H,2-10,13-17H2,1H3,(H,26,29)(H,30,31). The van der Waals surface area contributed by atoms with Gasteiger partial charge in [0.15, 0.2) is 0 Å². The summed E-state index contributed by atoms with van der Waals surface area (Å²) < 4.78 is 0. The van der Waals surface area contributed by atoms with Crippen molar-refractivity contribution in [3.63, 3.8) is 0 Å². The van der Waals surface area contributed by atoms with E-state index in [0.717, 1.165) is 81.1 Å². The zero-order valence-corrected chi connectivity index (χ0v) is 20.1. The number of anilines is 1. The minimum atomic E-state index is -0.627. The van der Waals surface area contributed by atoms with Crippen LogP contribution >= 0.6 is 11.8 Å². The van der Waals surface area contributed by atoms with Gasteiger partial charge in [0, 0.05) is 19.1 Å². The number of amides is 1. The van der Waals surface area contributed by atoms with Gasteiger partial charge in [0.2, 0.25) is 0 Å². The summed E-state index contributed by atoms with van der Waals surface area (Å²) in [5.41, 5.74) is 0.130. The maximum absolute atomic E-state index is 13.0. The van der Waals surface area contributed by atoms with E-state index < -0.39 is 11.4 Å². The van der Waals surface area contributed by atoms with Crippen molar-refractivity contribution in [3.8, 4) is 0 Å². The van der Waals surface area contributed by atoms with Crippen LogP contribution in [-0.4, -0.2) is 46.9 Å². The smallest absolute Gasteiger partial charge is 0.309 e. The van der Waals surface area contributed by atoms with Crippen molar-refractivity contribution in [3.05, 3.63) is 17.7 Å². The lowest BCUT2D eigenvalue weighted by atomic mass is 9.59. The maximum atomic E-state index is 13.0. The van der Waals surface area contributed by atoms with Gasteiger partial charge in [-0.3, -0.25) is 9.59 Å². The number of piperidine rings is 1. The van der Waals surface area contributed by atoms with Gasteiger partial charge in [0.25, 0.3) is 5.91 Å². The molecule has 1 saturated heterocycles. The summed E-state index contributed by atoms with van der Waals surface area (Å²) in [5.74, 6) is 1.33. The third-order valence-electron chi connectivity index (χ3n) is 7.67. The first-order valence-corrected chi connectivity index (χ1v) is 13.4. The molecule has 1 unspecified atom stereocenters. The normalized spacial score (nSPS) is 23.4. The van der Waals surface area contributed by atoms with E-state index in [9.17, 15) is 14.7 Å². The van der Waals surface area contributed by atoms with Crippen molar-refractivity contribution in [2.24, 2.45) is 11.3 Å². The number of aliphatic carboxylic acids is 1. The maximum Gasteiger partial charge on any atom is 0.309 e. The highest BCUT2D eigenvalue weighted by molar-refractivity contribution is 7.99. The number of carboxylic acids is 1. The molecule has 1 aromatic rings. The lowest BCUT2D eigenvalue weighted by Crippen LogP contribution is -2.51. The Morgan fingerprint density at radius 3 is 2.59 bits per heavy atom. The van der Waals surface area contributed by atoms with Crippen LogP contribution in [0.5, 0.6) is 0 Å². The van der Waals surface area contributed by atoms with Crippen LogP contribution in [0, 0.1) is 11.3 Å². The molecule has 0 bridgehead atoms. The van der Waals surface area contributed by atoms with Gasteiger partial charge in [0.05, 0.1) is 11.0 Å². The Bertz CT molecular complexity index is 821. The average molecular weight is 460 g/mol. The Morgan fingerprint density at radius 2 is 1.94 bits per heavy atom. The minimum absolute atomic E-state index is 0.00891. The third kappa shape index (κ3) is 4.92. The van der Waals surface area contributed by atoms with Crippen LogP contribution < -0.4 is 10.2 Å². The molecule has 1 amide bonds. The Balaban J connectivity index is 1.51. The van der Waals surface area contributed by atoms with E-state index in [1.54, 1.807) is 11.8 Å². The number of carbonyl (C=O) groups is 2. The van der Waals surface area contributed by atoms with Gasteiger partial charge in [-0.05, 0) is 68.7 Å². The number of pyridine rings is 1. The lowest BCUT2D eigenvalue weighted by molar-refractivity contribution is -0.160. The molecule has 6 nitrogen and oxygen atoms in total. The number of hydrogen-bond acceptors (Lipinski definition) is 5. The molecule has 1 atom stereocenters. The molecule has 4 rings (SSSR count). The summed E-state index contributed by atoms with van der Waals surface area (Å²) in [5, 5.41) is 13.9. The first-order chi connectivity index (χ1) is 15.5. The van der Waals surface area contributed by atoms with Crippen LogP contribution in [0.4, 0.5) is 5.82 Å². The van der Waals surface area contributed by atoms with Crippen LogP contribution in [-0.2, 0) is 4.79 Å². The SMILES string of the molecule is CCCSc1nc(N2CCCC(C3(C(=O)O)CCC3)C2)ccc1C(=O)NC1CCCCC1.